The van der Waals surface area contributed by atoms with Gasteiger partial charge in [-0.15, -0.1) is 11.3 Å². The third-order valence-electron chi connectivity index (χ3n) is 2.33. The Morgan fingerprint density at radius 3 is 2.69 bits per heavy atom. The van der Waals surface area contributed by atoms with Crippen molar-refractivity contribution in [1.29, 1.82) is 0 Å². The van der Waals surface area contributed by atoms with Crippen LogP contribution in [0, 0.1) is 6.92 Å². The fourth-order valence-corrected chi connectivity index (χ4v) is 2.28. The molecule has 0 amide bonds. The van der Waals surface area contributed by atoms with Gasteiger partial charge < -0.3 is 0 Å². The van der Waals surface area contributed by atoms with Gasteiger partial charge in [0, 0.05) is 29.5 Å². The Balaban J connectivity index is 1.94. The molecule has 2 rings (SSSR count). The van der Waals surface area contributed by atoms with Crippen LogP contribution in [0.25, 0.3) is 0 Å². The molecule has 0 bridgehead atoms. The minimum atomic E-state index is 0.188. The van der Waals surface area contributed by atoms with Crippen LogP contribution in [-0.4, -0.2) is 10.8 Å². The first-order chi connectivity index (χ1) is 7.75. The Kier molecular flexibility index (Phi) is 3.47. The van der Waals surface area contributed by atoms with Gasteiger partial charge in [-0.3, -0.25) is 4.79 Å². The molecule has 16 heavy (non-hydrogen) atoms. The van der Waals surface area contributed by atoms with Crippen molar-refractivity contribution in [3.05, 3.63) is 52.0 Å². The second-order valence-corrected chi connectivity index (χ2v) is 4.61. The minimum Gasteiger partial charge on any atom is -0.294 e. The van der Waals surface area contributed by atoms with Crippen LogP contribution >= 0.6 is 11.3 Å². The van der Waals surface area contributed by atoms with E-state index in [1.807, 2.05) is 42.6 Å². The van der Waals surface area contributed by atoms with Gasteiger partial charge in [0.25, 0.3) is 0 Å². The van der Waals surface area contributed by atoms with E-state index in [-0.39, 0.29) is 5.78 Å². The third kappa shape index (κ3) is 2.76. The summed E-state index contributed by atoms with van der Waals surface area (Å²) < 4.78 is 0. The van der Waals surface area contributed by atoms with Crippen LogP contribution in [0.15, 0.2) is 35.7 Å². The highest BCUT2D eigenvalue weighted by molar-refractivity contribution is 7.09. The Morgan fingerprint density at radius 1 is 1.31 bits per heavy atom. The second kappa shape index (κ2) is 5.03. The number of hydrogen-bond donors (Lipinski definition) is 0. The summed E-state index contributed by atoms with van der Waals surface area (Å²) in [5.41, 5.74) is 1.82. The Labute approximate surface area is 99.0 Å². The van der Waals surface area contributed by atoms with Crippen LogP contribution < -0.4 is 0 Å². The summed E-state index contributed by atoms with van der Waals surface area (Å²) in [7, 11) is 0. The van der Waals surface area contributed by atoms with Gasteiger partial charge in [-0.25, -0.2) is 4.98 Å². The predicted molar refractivity (Wildman–Crippen MR) is 65.9 cm³/mol. The molecule has 0 saturated carbocycles. The van der Waals surface area contributed by atoms with E-state index in [1.165, 1.54) is 0 Å². The molecule has 0 aliphatic heterocycles. The van der Waals surface area contributed by atoms with E-state index in [0.717, 1.165) is 22.7 Å². The SMILES string of the molecule is Cc1csc(CCC(=O)c2ccccc2)n1. The minimum absolute atomic E-state index is 0.188. The van der Waals surface area contributed by atoms with Crippen LogP contribution in [0.1, 0.15) is 27.5 Å². The van der Waals surface area contributed by atoms with E-state index in [1.54, 1.807) is 11.3 Å². The Hall–Kier alpha value is -1.48. The Morgan fingerprint density at radius 2 is 2.06 bits per heavy atom. The van der Waals surface area contributed by atoms with E-state index in [9.17, 15) is 4.79 Å². The van der Waals surface area contributed by atoms with Gasteiger partial charge in [-0.05, 0) is 6.92 Å². The summed E-state index contributed by atoms with van der Waals surface area (Å²) in [4.78, 5) is 16.1. The van der Waals surface area contributed by atoms with Crippen LogP contribution in [0.2, 0.25) is 0 Å². The molecule has 1 heterocycles. The van der Waals surface area contributed by atoms with Crippen molar-refractivity contribution in [3.8, 4) is 0 Å². The largest absolute Gasteiger partial charge is 0.294 e. The Bertz CT molecular complexity index is 476. The number of ketones is 1. The number of thiazole rings is 1. The van der Waals surface area contributed by atoms with E-state index in [4.69, 9.17) is 0 Å². The van der Waals surface area contributed by atoms with E-state index < -0.39 is 0 Å². The number of Topliss-reactive ketones (excluding diaryl/α,β-unsaturated/α-hetero) is 1. The highest BCUT2D eigenvalue weighted by Gasteiger charge is 2.06. The fraction of sp³-hybridized carbons (Fsp3) is 0.231. The van der Waals surface area contributed by atoms with Crippen molar-refractivity contribution in [3.63, 3.8) is 0 Å². The van der Waals surface area contributed by atoms with E-state index in [2.05, 4.69) is 4.98 Å². The molecule has 2 aromatic rings. The molecule has 0 radical (unpaired) electrons. The van der Waals surface area contributed by atoms with Gasteiger partial charge in [0.1, 0.15) is 0 Å². The molecule has 1 aromatic carbocycles. The van der Waals surface area contributed by atoms with Gasteiger partial charge in [0.15, 0.2) is 5.78 Å². The number of aryl methyl sites for hydroxylation is 2. The van der Waals surface area contributed by atoms with Crippen LogP contribution in [0.3, 0.4) is 0 Å². The fourth-order valence-electron chi connectivity index (χ4n) is 1.51. The first kappa shape index (κ1) is 11.0. The molecule has 0 spiro atoms. The molecular weight excluding hydrogens is 218 g/mol. The number of aromatic nitrogens is 1. The number of nitrogens with zero attached hydrogens (tertiary/aromatic N) is 1. The van der Waals surface area contributed by atoms with Crippen molar-refractivity contribution < 1.29 is 4.79 Å². The second-order valence-electron chi connectivity index (χ2n) is 3.67. The molecule has 1 aromatic heterocycles. The van der Waals surface area contributed by atoms with Gasteiger partial charge in [-0.1, -0.05) is 30.3 Å². The van der Waals surface area contributed by atoms with E-state index >= 15 is 0 Å². The highest BCUT2D eigenvalue weighted by Crippen LogP contribution is 2.12. The maximum atomic E-state index is 11.8. The quantitative estimate of drug-likeness (QED) is 0.756. The van der Waals surface area contributed by atoms with Gasteiger partial charge in [0.2, 0.25) is 0 Å². The number of carbonyl (C=O) groups excluding carboxylic acids is 1. The van der Waals surface area contributed by atoms with Crippen molar-refractivity contribution in [2.45, 2.75) is 19.8 Å². The number of benzene rings is 1. The summed E-state index contributed by atoms with van der Waals surface area (Å²) in [5, 5.41) is 3.06. The summed E-state index contributed by atoms with van der Waals surface area (Å²) in [6, 6.07) is 9.41. The zero-order valence-corrected chi connectivity index (χ0v) is 9.96. The number of carbonyl (C=O) groups is 1. The number of rotatable bonds is 4. The number of hydrogen-bond acceptors (Lipinski definition) is 3. The van der Waals surface area contributed by atoms with Crippen molar-refractivity contribution in [1.82, 2.24) is 4.98 Å². The van der Waals surface area contributed by atoms with Crippen LogP contribution in [0.4, 0.5) is 0 Å². The summed E-state index contributed by atoms with van der Waals surface area (Å²) in [6.45, 7) is 1.97. The summed E-state index contributed by atoms with van der Waals surface area (Å²) in [5.74, 6) is 0.188. The highest BCUT2D eigenvalue weighted by atomic mass is 32.1. The monoisotopic (exact) mass is 231 g/mol. The topological polar surface area (TPSA) is 30.0 Å². The van der Waals surface area contributed by atoms with Gasteiger partial charge in [0.05, 0.1) is 5.01 Å². The maximum absolute atomic E-state index is 11.8. The normalized spacial score (nSPS) is 10.3. The lowest BCUT2D eigenvalue weighted by Crippen LogP contribution is -2.00. The lowest BCUT2D eigenvalue weighted by atomic mass is 10.1. The summed E-state index contributed by atoms with van der Waals surface area (Å²) in [6.07, 6.45) is 1.28. The molecule has 2 nitrogen and oxygen atoms in total. The lowest BCUT2D eigenvalue weighted by molar-refractivity contribution is 0.0983. The van der Waals surface area contributed by atoms with Crippen LogP contribution in [-0.2, 0) is 6.42 Å². The molecule has 0 atom stereocenters. The molecule has 0 aliphatic carbocycles. The maximum Gasteiger partial charge on any atom is 0.163 e. The first-order valence-electron chi connectivity index (χ1n) is 5.25. The van der Waals surface area contributed by atoms with Gasteiger partial charge >= 0.3 is 0 Å². The van der Waals surface area contributed by atoms with Gasteiger partial charge in [-0.2, -0.15) is 0 Å². The molecule has 0 aliphatic rings. The molecule has 3 heteroatoms. The smallest absolute Gasteiger partial charge is 0.163 e. The predicted octanol–water partition coefficient (Wildman–Crippen LogP) is 3.27. The van der Waals surface area contributed by atoms with E-state index in [0.29, 0.717) is 6.42 Å². The van der Waals surface area contributed by atoms with Crippen LogP contribution in [0.5, 0.6) is 0 Å². The van der Waals surface area contributed by atoms with Crippen molar-refractivity contribution in [2.75, 3.05) is 0 Å². The van der Waals surface area contributed by atoms with Crippen molar-refractivity contribution >= 4 is 17.1 Å². The summed E-state index contributed by atoms with van der Waals surface area (Å²) >= 11 is 1.62. The molecule has 0 fully saturated rings. The lowest BCUT2D eigenvalue weighted by Gasteiger charge is -1.98. The average Bonchev–Trinajstić information content (AvgIpc) is 2.73. The molecular formula is C13H13NOS. The molecule has 0 saturated heterocycles. The van der Waals surface area contributed by atoms with Crippen molar-refractivity contribution in [2.24, 2.45) is 0 Å². The molecule has 0 N–H and O–H groups in total. The standard InChI is InChI=1S/C13H13NOS/c1-10-9-16-13(14-10)8-7-12(15)11-5-3-2-4-6-11/h2-6,9H,7-8H2,1H3. The molecule has 82 valence electrons. The average molecular weight is 231 g/mol. The first-order valence-corrected chi connectivity index (χ1v) is 6.13. The zero-order chi connectivity index (χ0) is 11.4. The molecule has 0 unspecified atom stereocenters. The zero-order valence-electron chi connectivity index (χ0n) is 9.14. The third-order valence-corrected chi connectivity index (χ3v) is 3.35.